The van der Waals surface area contributed by atoms with Crippen molar-refractivity contribution in [2.45, 2.75) is 12.7 Å². The van der Waals surface area contributed by atoms with E-state index >= 15 is 0 Å². The molecule has 3 aromatic rings. The van der Waals surface area contributed by atoms with Crippen molar-refractivity contribution in [3.63, 3.8) is 0 Å². The zero-order chi connectivity index (χ0) is 18.0. The Bertz CT molecular complexity index is 894. The molecule has 1 aromatic carbocycles. The normalized spacial score (nSPS) is 11.6. The molecule has 0 radical (unpaired) electrons. The van der Waals surface area contributed by atoms with Crippen LogP contribution in [0.25, 0.3) is 11.3 Å². The minimum Gasteiger partial charge on any atom is -0.350 e. The van der Waals surface area contributed by atoms with Crippen molar-refractivity contribution in [2.75, 3.05) is 5.32 Å². The van der Waals surface area contributed by atoms with Crippen molar-refractivity contribution in [3.8, 4) is 11.3 Å². The fraction of sp³-hybridized carbons (Fsp3) is 0.133. The van der Waals surface area contributed by atoms with Crippen molar-refractivity contribution >= 4 is 21.9 Å². The van der Waals surface area contributed by atoms with Gasteiger partial charge in [-0.1, -0.05) is 12.1 Å². The van der Waals surface area contributed by atoms with Crippen LogP contribution in [0.15, 0.2) is 41.1 Å². The van der Waals surface area contributed by atoms with Gasteiger partial charge in [0.15, 0.2) is 0 Å². The van der Waals surface area contributed by atoms with Gasteiger partial charge >= 0.3 is 6.18 Å². The standard InChI is InChI=1S/C15H10BrF4N5/c16-13-23-14(25-24-13)21-7-8-4-5-9(10(17)6-8)11-2-1-3-12(22-11)15(18,19)20/h1-6H,7H2,(H2,21,23,24,25). The van der Waals surface area contributed by atoms with Crippen LogP contribution in [0.4, 0.5) is 23.5 Å². The number of nitrogens with zero attached hydrogens (tertiary/aromatic N) is 3. The van der Waals surface area contributed by atoms with E-state index < -0.39 is 17.7 Å². The van der Waals surface area contributed by atoms with Crippen LogP contribution < -0.4 is 5.32 Å². The molecule has 3 rings (SSSR count). The van der Waals surface area contributed by atoms with Gasteiger partial charge in [-0.15, -0.1) is 5.10 Å². The fourth-order valence-corrected chi connectivity index (χ4v) is 2.39. The first-order valence-electron chi connectivity index (χ1n) is 6.98. The molecule has 25 heavy (non-hydrogen) atoms. The summed E-state index contributed by atoms with van der Waals surface area (Å²) in [6.45, 7) is 0.259. The third-order valence-corrected chi connectivity index (χ3v) is 3.62. The largest absolute Gasteiger partial charge is 0.433 e. The van der Waals surface area contributed by atoms with E-state index in [4.69, 9.17) is 0 Å². The third-order valence-electron chi connectivity index (χ3n) is 3.27. The molecule has 0 aliphatic rings. The summed E-state index contributed by atoms with van der Waals surface area (Å²) in [5.74, 6) is -0.263. The molecule has 2 heterocycles. The quantitative estimate of drug-likeness (QED) is 0.619. The van der Waals surface area contributed by atoms with Gasteiger partial charge < -0.3 is 5.32 Å². The average molecular weight is 416 g/mol. The third kappa shape index (κ3) is 4.13. The molecule has 5 nitrogen and oxygen atoms in total. The van der Waals surface area contributed by atoms with Gasteiger partial charge in [-0.3, -0.25) is 0 Å². The van der Waals surface area contributed by atoms with Gasteiger partial charge in [0.25, 0.3) is 0 Å². The lowest BCUT2D eigenvalue weighted by Crippen LogP contribution is -2.08. The highest BCUT2D eigenvalue weighted by Gasteiger charge is 2.32. The zero-order valence-electron chi connectivity index (χ0n) is 12.4. The first kappa shape index (κ1) is 17.3. The van der Waals surface area contributed by atoms with Gasteiger partial charge in [-0.25, -0.2) is 14.5 Å². The molecular formula is C15H10BrF4N5. The Morgan fingerprint density at radius 1 is 1.12 bits per heavy atom. The molecule has 0 bridgehead atoms. The van der Waals surface area contributed by atoms with Gasteiger partial charge in [0.1, 0.15) is 11.5 Å². The highest BCUT2D eigenvalue weighted by atomic mass is 79.9. The molecule has 130 valence electrons. The number of rotatable bonds is 4. The van der Waals surface area contributed by atoms with Crippen molar-refractivity contribution in [1.82, 2.24) is 20.2 Å². The van der Waals surface area contributed by atoms with Gasteiger partial charge in [-0.2, -0.15) is 18.2 Å². The van der Waals surface area contributed by atoms with Crippen LogP contribution in [-0.4, -0.2) is 20.2 Å². The predicted molar refractivity (Wildman–Crippen MR) is 86.0 cm³/mol. The summed E-state index contributed by atoms with van der Waals surface area (Å²) < 4.78 is 52.9. The second-order valence-corrected chi connectivity index (χ2v) is 5.74. The SMILES string of the molecule is Fc1cc(CNc2nc(Br)n[nH]2)ccc1-c1cccc(C(F)(F)F)n1. The molecule has 2 aromatic heterocycles. The van der Waals surface area contributed by atoms with E-state index in [1.54, 1.807) is 6.07 Å². The number of hydrogen-bond acceptors (Lipinski definition) is 4. The number of benzene rings is 1. The average Bonchev–Trinajstić information content (AvgIpc) is 2.98. The zero-order valence-corrected chi connectivity index (χ0v) is 14.0. The van der Waals surface area contributed by atoms with E-state index in [9.17, 15) is 17.6 Å². The lowest BCUT2D eigenvalue weighted by molar-refractivity contribution is -0.141. The second kappa shape index (κ2) is 6.79. The maximum Gasteiger partial charge on any atom is 0.433 e. The number of hydrogen-bond donors (Lipinski definition) is 2. The smallest absolute Gasteiger partial charge is 0.350 e. The van der Waals surface area contributed by atoms with Gasteiger partial charge in [-0.05, 0) is 45.8 Å². The van der Waals surface area contributed by atoms with Crippen LogP contribution in [0.5, 0.6) is 0 Å². The number of H-pyrrole nitrogens is 1. The number of aromatic nitrogens is 4. The molecule has 0 unspecified atom stereocenters. The minimum atomic E-state index is -4.58. The summed E-state index contributed by atoms with van der Waals surface area (Å²) >= 11 is 3.08. The Balaban J connectivity index is 1.80. The Labute approximate surface area is 147 Å². The number of alkyl halides is 3. The van der Waals surface area contributed by atoms with Crippen molar-refractivity contribution in [1.29, 1.82) is 0 Å². The van der Waals surface area contributed by atoms with E-state index in [-0.39, 0.29) is 17.8 Å². The number of anilines is 1. The highest BCUT2D eigenvalue weighted by molar-refractivity contribution is 9.10. The van der Waals surface area contributed by atoms with Crippen LogP contribution in [0.2, 0.25) is 0 Å². The Kier molecular flexibility index (Phi) is 4.71. The molecule has 0 fully saturated rings. The number of pyridine rings is 1. The highest BCUT2D eigenvalue weighted by Crippen LogP contribution is 2.30. The molecule has 0 amide bonds. The van der Waals surface area contributed by atoms with Crippen LogP contribution in [0.3, 0.4) is 0 Å². The first-order chi connectivity index (χ1) is 11.8. The van der Waals surface area contributed by atoms with Crippen molar-refractivity contribution in [3.05, 3.63) is 58.2 Å². The maximum absolute atomic E-state index is 14.3. The minimum absolute atomic E-state index is 0.00254. The second-order valence-electron chi connectivity index (χ2n) is 5.03. The maximum atomic E-state index is 14.3. The summed E-state index contributed by atoms with van der Waals surface area (Å²) in [6.07, 6.45) is -4.58. The van der Waals surface area contributed by atoms with E-state index in [1.165, 1.54) is 24.3 Å². The van der Waals surface area contributed by atoms with Crippen LogP contribution in [0.1, 0.15) is 11.3 Å². The molecule has 0 aliphatic carbocycles. The summed E-state index contributed by atoms with van der Waals surface area (Å²) in [6, 6.07) is 7.59. The fourth-order valence-electron chi connectivity index (χ4n) is 2.13. The summed E-state index contributed by atoms with van der Waals surface area (Å²) in [7, 11) is 0. The Hall–Kier alpha value is -2.49. The number of aromatic amines is 1. The molecule has 0 aliphatic heterocycles. The van der Waals surface area contributed by atoms with Crippen molar-refractivity contribution in [2.24, 2.45) is 0 Å². The number of halogens is 5. The van der Waals surface area contributed by atoms with E-state index in [2.05, 4.69) is 41.4 Å². The lowest BCUT2D eigenvalue weighted by Gasteiger charge is -2.09. The predicted octanol–water partition coefficient (Wildman–Crippen LogP) is 4.40. The summed E-state index contributed by atoms with van der Waals surface area (Å²) in [5, 5.41) is 9.30. The molecule has 0 spiro atoms. The number of nitrogens with one attached hydrogen (secondary N) is 2. The molecule has 2 N–H and O–H groups in total. The van der Waals surface area contributed by atoms with E-state index in [0.717, 1.165) is 6.07 Å². The topological polar surface area (TPSA) is 66.5 Å². The van der Waals surface area contributed by atoms with Gasteiger partial charge in [0.05, 0.1) is 5.69 Å². The van der Waals surface area contributed by atoms with Gasteiger partial charge in [0.2, 0.25) is 10.7 Å². The Morgan fingerprint density at radius 2 is 1.92 bits per heavy atom. The molecule has 0 atom stereocenters. The van der Waals surface area contributed by atoms with Gasteiger partial charge in [0, 0.05) is 12.1 Å². The summed E-state index contributed by atoms with van der Waals surface area (Å²) in [4.78, 5) is 7.47. The van der Waals surface area contributed by atoms with Crippen LogP contribution in [-0.2, 0) is 12.7 Å². The van der Waals surface area contributed by atoms with Crippen molar-refractivity contribution < 1.29 is 17.6 Å². The monoisotopic (exact) mass is 415 g/mol. The summed E-state index contributed by atoms with van der Waals surface area (Å²) in [5.41, 5.74) is -0.560. The van der Waals surface area contributed by atoms with Crippen LogP contribution in [0, 0.1) is 5.82 Å². The Morgan fingerprint density at radius 3 is 2.56 bits per heavy atom. The molecular weight excluding hydrogens is 406 g/mol. The van der Waals surface area contributed by atoms with E-state index in [0.29, 0.717) is 16.2 Å². The van der Waals surface area contributed by atoms with E-state index in [1.807, 2.05) is 0 Å². The molecule has 0 saturated carbocycles. The lowest BCUT2D eigenvalue weighted by atomic mass is 10.1. The first-order valence-corrected chi connectivity index (χ1v) is 7.77. The molecule has 0 saturated heterocycles. The molecule has 10 heteroatoms. The van der Waals surface area contributed by atoms with Crippen LogP contribution >= 0.6 is 15.9 Å².